The monoisotopic (exact) mass is 397 g/mol. The van der Waals surface area contributed by atoms with E-state index in [1.807, 2.05) is 20.8 Å². The molecule has 2 atom stereocenters. The van der Waals surface area contributed by atoms with Crippen LogP contribution in [0.1, 0.15) is 44.9 Å². The van der Waals surface area contributed by atoms with Gasteiger partial charge in [0.15, 0.2) is 0 Å². The maximum Gasteiger partial charge on any atom is 0.252 e. The van der Waals surface area contributed by atoms with Crippen LogP contribution in [-0.4, -0.2) is 34.6 Å². The number of H-pyrrole nitrogens is 1. The summed E-state index contributed by atoms with van der Waals surface area (Å²) in [5.74, 6) is -1.11. The molecule has 0 bridgehead atoms. The van der Waals surface area contributed by atoms with Gasteiger partial charge in [-0.3, -0.25) is 9.59 Å². The zero-order valence-electron chi connectivity index (χ0n) is 15.0. The fraction of sp³-hybridized carbons (Fsp3) is 0.444. The second-order valence-electron chi connectivity index (χ2n) is 7.37. The van der Waals surface area contributed by atoms with Crippen molar-refractivity contribution >= 4 is 51.6 Å². The zero-order valence-corrected chi connectivity index (χ0v) is 16.5. The molecular formula is C18H21Cl2N3O3. The summed E-state index contributed by atoms with van der Waals surface area (Å²) in [4.78, 5) is 27.9. The van der Waals surface area contributed by atoms with Crippen molar-refractivity contribution in [2.24, 2.45) is 0 Å². The van der Waals surface area contributed by atoms with Gasteiger partial charge in [0.05, 0.1) is 27.2 Å². The predicted octanol–water partition coefficient (Wildman–Crippen LogP) is 3.30. The first-order valence-electron chi connectivity index (χ1n) is 8.35. The van der Waals surface area contributed by atoms with Gasteiger partial charge in [-0.25, -0.2) is 0 Å². The van der Waals surface area contributed by atoms with Crippen molar-refractivity contribution in [3.8, 4) is 0 Å². The number of fused-ring (bicyclic) bond motifs is 3. The lowest BCUT2D eigenvalue weighted by molar-refractivity contribution is -0.123. The SMILES string of the molecule is CC1C(=O)NCC(C)(C)c2[nH]c3c(Cl)c(Cl)cc(NC(=O)[C@H](C)O)c3c21. The molecule has 1 unspecified atom stereocenters. The fourth-order valence-electron chi connectivity index (χ4n) is 3.32. The van der Waals surface area contributed by atoms with E-state index in [9.17, 15) is 14.7 Å². The summed E-state index contributed by atoms with van der Waals surface area (Å²) < 4.78 is 0. The number of anilines is 1. The van der Waals surface area contributed by atoms with Gasteiger partial charge in [-0.2, -0.15) is 0 Å². The van der Waals surface area contributed by atoms with Gasteiger partial charge in [-0.1, -0.05) is 37.0 Å². The van der Waals surface area contributed by atoms with Crippen LogP contribution in [0.4, 0.5) is 5.69 Å². The lowest BCUT2D eigenvalue weighted by Crippen LogP contribution is -2.35. The van der Waals surface area contributed by atoms with E-state index in [4.69, 9.17) is 23.2 Å². The van der Waals surface area contributed by atoms with Crippen molar-refractivity contribution in [2.75, 3.05) is 11.9 Å². The van der Waals surface area contributed by atoms with Crippen molar-refractivity contribution in [2.45, 2.75) is 45.1 Å². The van der Waals surface area contributed by atoms with Crippen molar-refractivity contribution in [1.82, 2.24) is 10.3 Å². The molecule has 0 fully saturated rings. The summed E-state index contributed by atoms with van der Waals surface area (Å²) in [5.41, 5.74) is 2.26. The summed E-state index contributed by atoms with van der Waals surface area (Å²) in [6, 6.07) is 1.54. The number of hydrogen-bond donors (Lipinski definition) is 4. The van der Waals surface area contributed by atoms with E-state index < -0.39 is 17.9 Å². The summed E-state index contributed by atoms with van der Waals surface area (Å²) in [6.07, 6.45) is -1.19. The van der Waals surface area contributed by atoms with Gasteiger partial charge in [-0.05, 0) is 25.5 Å². The molecule has 1 aromatic heterocycles. The van der Waals surface area contributed by atoms with Gasteiger partial charge in [0.1, 0.15) is 6.10 Å². The molecule has 0 saturated heterocycles. The van der Waals surface area contributed by atoms with E-state index in [1.54, 1.807) is 6.07 Å². The Hall–Kier alpha value is -1.76. The molecule has 26 heavy (non-hydrogen) atoms. The number of aromatic nitrogens is 1. The Bertz CT molecular complexity index is 918. The molecule has 1 aliphatic rings. The number of nitrogens with one attached hydrogen (secondary N) is 3. The Morgan fingerprint density at radius 3 is 2.69 bits per heavy atom. The number of aliphatic hydroxyl groups is 1. The molecule has 0 spiro atoms. The highest BCUT2D eigenvalue weighted by atomic mass is 35.5. The number of aliphatic hydroxyl groups excluding tert-OH is 1. The van der Waals surface area contributed by atoms with E-state index in [0.717, 1.165) is 11.3 Å². The molecule has 2 aromatic rings. The minimum Gasteiger partial charge on any atom is -0.384 e. The molecule has 1 aromatic carbocycles. The highest BCUT2D eigenvalue weighted by molar-refractivity contribution is 6.46. The maximum atomic E-state index is 12.5. The molecule has 3 rings (SSSR count). The number of carbonyl (C=O) groups is 2. The van der Waals surface area contributed by atoms with E-state index in [0.29, 0.717) is 28.2 Å². The van der Waals surface area contributed by atoms with E-state index in [1.165, 1.54) is 6.92 Å². The van der Waals surface area contributed by atoms with Crippen LogP contribution >= 0.6 is 23.2 Å². The van der Waals surface area contributed by atoms with Crippen LogP contribution in [0.5, 0.6) is 0 Å². The van der Waals surface area contributed by atoms with Crippen molar-refractivity contribution < 1.29 is 14.7 Å². The number of carbonyl (C=O) groups excluding carboxylic acids is 2. The minimum absolute atomic E-state index is 0.100. The Morgan fingerprint density at radius 2 is 2.08 bits per heavy atom. The highest BCUT2D eigenvalue weighted by Crippen LogP contribution is 2.45. The average molecular weight is 398 g/mol. The molecule has 8 heteroatoms. The Balaban J connectivity index is 2.37. The Labute approximate surface area is 161 Å². The van der Waals surface area contributed by atoms with Crippen molar-refractivity contribution in [3.05, 3.63) is 27.4 Å². The molecule has 6 nitrogen and oxygen atoms in total. The number of hydrogen-bond acceptors (Lipinski definition) is 3. The topological polar surface area (TPSA) is 94.2 Å². The van der Waals surface area contributed by atoms with Crippen LogP contribution in [0.2, 0.25) is 10.0 Å². The number of aromatic amines is 1. The molecule has 0 radical (unpaired) electrons. The Morgan fingerprint density at radius 1 is 1.42 bits per heavy atom. The van der Waals surface area contributed by atoms with Crippen LogP contribution in [0.15, 0.2) is 6.07 Å². The van der Waals surface area contributed by atoms with E-state index >= 15 is 0 Å². The number of rotatable bonds is 2. The third kappa shape index (κ3) is 2.96. The molecule has 1 aliphatic heterocycles. The van der Waals surface area contributed by atoms with Gasteiger partial charge >= 0.3 is 0 Å². The number of benzene rings is 1. The van der Waals surface area contributed by atoms with Crippen LogP contribution in [-0.2, 0) is 15.0 Å². The lowest BCUT2D eigenvalue weighted by Gasteiger charge is -2.22. The second kappa shape index (κ2) is 6.44. The first kappa shape index (κ1) is 19.0. The quantitative estimate of drug-likeness (QED) is 0.625. The highest BCUT2D eigenvalue weighted by Gasteiger charge is 2.37. The van der Waals surface area contributed by atoms with Crippen LogP contribution in [0.25, 0.3) is 10.9 Å². The van der Waals surface area contributed by atoms with Gasteiger partial charge in [-0.15, -0.1) is 0 Å². The molecule has 2 amide bonds. The molecule has 0 saturated carbocycles. The summed E-state index contributed by atoms with van der Waals surface area (Å²) in [6.45, 7) is 7.69. The van der Waals surface area contributed by atoms with Gasteiger partial charge in [0.2, 0.25) is 5.91 Å². The molecule has 0 aliphatic carbocycles. The van der Waals surface area contributed by atoms with Crippen LogP contribution < -0.4 is 10.6 Å². The van der Waals surface area contributed by atoms with E-state index in [-0.39, 0.29) is 16.3 Å². The fourth-order valence-corrected chi connectivity index (χ4v) is 3.72. The summed E-state index contributed by atoms with van der Waals surface area (Å²) >= 11 is 12.7. The normalized spacial score (nSPS) is 20.3. The summed E-state index contributed by atoms with van der Waals surface area (Å²) in [7, 11) is 0. The molecular weight excluding hydrogens is 377 g/mol. The van der Waals surface area contributed by atoms with Crippen molar-refractivity contribution in [1.29, 1.82) is 0 Å². The number of halogens is 2. The van der Waals surface area contributed by atoms with Gasteiger partial charge < -0.3 is 20.7 Å². The largest absolute Gasteiger partial charge is 0.384 e. The first-order valence-corrected chi connectivity index (χ1v) is 9.11. The molecule has 4 N–H and O–H groups in total. The van der Waals surface area contributed by atoms with Gasteiger partial charge in [0.25, 0.3) is 5.91 Å². The first-order chi connectivity index (χ1) is 12.0. The van der Waals surface area contributed by atoms with Crippen molar-refractivity contribution in [3.63, 3.8) is 0 Å². The zero-order chi connectivity index (χ0) is 19.4. The lowest BCUT2D eigenvalue weighted by atomic mass is 9.84. The van der Waals surface area contributed by atoms with Gasteiger partial charge in [0, 0.05) is 23.0 Å². The average Bonchev–Trinajstić information content (AvgIpc) is 2.95. The van der Waals surface area contributed by atoms with E-state index in [2.05, 4.69) is 15.6 Å². The summed E-state index contributed by atoms with van der Waals surface area (Å²) in [5, 5.41) is 16.4. The minimum atomic E-state index is -1.19. The second-order valence-corrected chi connectivity index (χ2v) is 8.16. The molecule has 2 heterocycles. The number of amides is 2. The smallest absolute Gasteiger partial charge is 0.252 e. The molecule has 140 valence electrons. The Kier molecular flexibility index (Phi) is 4.71. The third-order valence-corrected chi connectivity index (χ3v) is 5.64. The predicted molar refractivity (Wildman–Crippen MR) is 103 cm³/mol. The standard InChI is InChI=1S/C18H21Cl2N3O3/c1-7-11-12-10(22-17(26)8(2)24)5-9(19)13(20)14(12)23-15(11)18(3,4)6-21-16(7)25/h5,7-8,23-24H,6H2,1-4H3,(H,21,25)(H,22,26)/t7?,8-/m0/s1. The maximum absolute atomic E-state index is 12.5. The van der Waals surface area contributed by atoms with Crippen LogP contribution in [0, 0.1) is 0 Å². The van der Waals surface area contributed by atoms with Crippen LogP contribution in [0.3, 0.4) is 0 Å². The third-order valence-electron chi connectivity index (χ3n) is 4.85.